The zero-order valence-corrected chi connectivity index (χ0v) is 11.3. The summed E-state index contributed by atoms with van der Waals surface area (Å²) in [5.41, 5.74) is 8.23. The summed E-state index contributed by atoms with van der Waals surface area (Å²) < 4.78 is 3.74. The van der Waals surface area contributed by atoms with Crippen molar-refractivity contribution in [3.8, 4) is 0 Å². The van der Waals surface area contributed by atoms with Crippen LogP contribution in [-0.4, -0.2) is 24.5 Å². The Kier molecular flexibility index (Phi) is 3.47. The molecule has 2 aromatic rings. The van der Waals surface area contributed by atoms with Gasteiger partial charge in [0.25, 0.3) is 0 Å². The molecule has 2 rings (SSSR count). The van der Waals surface area contributed by atoms with Gasteiger partial charge in [-0.3, -0.25) is 4.68 Å². The van der Waals surface area contributed by atoms with Crippen LogP contribution in [0.1, 0.15) is 43.1 Å². The lowest BCUT2D eigenvalue weighted by Crippen LogP contribution is -2.20. The van der Waals surface area contributed by atoms with Crippen LogP contribution in [0.5, 0.6) is 0 Å². The predicted octanol–water partition coefficient (Wildman–Crippen LogP) is 1.14. The van der Waals surface area contributed by atoms with Crippen molar-refractivity contribution in [2.75, 3.05) is 0 Å². The van der Waals surface area contributed by atoms with Gasteiger partial charge < -0.3 is 5.73 Å². The van der Waals surface area contributed by atoms with E-state index in [9.17, 15) is 0 Å². The Bertz CT molecular complexity index is 524. The molecule has 0 aliphatic heterocycles. The molecule has 0 fully saturated rings. The molecule has 2 aromatic heterocycles. The first-order valence-corrected chi connectivity index (χ1v) is 6.13. The number of aromatic nitrogens is 5. The number of hydrogen-bond donors (Lipinski definition) is 1. The third-order valence-electron chi connectivity index (χ3n) is 2.96. The van der Waals surface area contributed by atoms with Gasteiger partial charge in [0.15, 0.2) is 0 Å². The molecule has 0 aliphatic carbocycles. The number of hydrogen-bond acceptors (Lipinski definition) is 4. The van der Waals surface area contributed by atoms with E-state index in [0.717, 1.165) is 17.2 Å². The summed E-state index contributed by atoms with van der Waals surface area (Å²) in [4.78, 5) is 4.28. The van der Waals surface area contributed by atoms with Crippen molar-refractivity contribution in [3.05, 3.63) is 29.6 Å². The predicted molar refractivity (Wildman–Crippen MR) is 69.0 cm³/mol. The molecule has 18 heavy (non-hydrogen) atoms. The molecule has 6 heteroatoms. The van der Waals surface area contributed by atoms with Gasteiger partial charge in [-0.1, -0.05) is 0 Å². The Balaban J connectivity index is 2.18. The van der Waals surface area contributed by atoms with Crippen molar-refractivity contribution >= 4 is 0 Å². The third-order valence-corrected chi connectivity index (χ3v) is 2.96. The molecule has 98 valence electrons. The van der Waals surface area contributed by atoms with Gasteiger partial charge in [0.1, 0.15) is 12.2 Å². The van der Waals surface area contributed by atoms with Gasteiger partial charge >= 0.3 is 0 Å². The van der Waals surface area contributed by atoms with E-state index in [2.05, 4.69) is 29.0 Å². The molecule has 6 nitrogen and oxygen atoms in total. The monoisotopic (exact) mass is 248 g/mol. The maximum atomic E-state index is 6.23. The van der Waals surface area contributed by atoms with Crippen LogP contribution < -0.4 is 5.73 Å². The van der Waals surface area contributed by atoms with Crippen molar-refractivity contribution in [1.82, 2.24) is 24.5 Å². The molecule has 0 aliphatic rings. The summed E-state index contributed by atoms with van der Waals surface area (Å²) in [6.07, 6.45) is 2.24. The van der Waals surface area contributed by atoms with Crippen LogP contribution in [0.3, 0.4) is 0 Å². The summed E-state index contributed by atoms with van der Waals surface area (Å²) in [7, 11) is 1.91. The molecule has 0 aromatic carbocycles. The fourth-order valence-corrected chi connectivity index (χ4v) is 2.13. The SMILES string of the molecule is Cc1cc(C(N)Cc2ncnn2C(C)C)n(C)n1. The van der Waals surface area contributed by atoms with Crippen LogP contribution in [0.2, 0.25) is 0 Å². The van der Waals surface area contributed by atoms with E-state index >= 15 is 0 Å². The fraction of sp³-hybridized carbons (Fsp3) is 0.583. The van der Waals surface area contributed by atoms with Crippen molar-refractivity contribution in [2.24, 2.45) is 12.8 Å². The summed E-state index contributed by atoms with van der Waals surface area (Å²) >= 11 is 0. The third kappa shape index (κ3) is 2.43. The van der Waals surface area contributed by atoms with E-state index < -0.39 is 0 Å². The molecule has 0 spiro atoms. The molecule has 0 radical (unpaired) electrons. The number of aryl methyl sites for hydroxylation is 2. The summed E-state index contributed by atoms with van der Waals surface area (Å²) in [5, 5.41) is 8.53. The highest BCUT2D eigenvalue weighted by atomic mass is 15.3. The zero-order chi connectivity index (χ0) is 13.3. The summed E-state index contributed by atoms with van der Waals surface area (Å²) in [5.74, 6) is 0.913. The lowest BCUT2D eigenvalue weighted by molar-refractivity contribution is 0.487. The highest BCUT2D eigenvalue weighted by Crippen LogP contribution is 2.16. The molecule has 2 heterocycles. The van der Waals surface area contributed by atoms with Crippen LogP contribution >= 0.6 is 0 Å². The van der Waals surface area contributed by atoms with E-state index in [0.29, 0.717) is 12.5 Å². The molecule has 1 atom stereocenters. The molecule has 0 saturated heterocycles. The second kappa shape index (κ2) is 4.89. The lowest BCUT2D eigenvalue weighted by Gasteiger charge is -2.14. The van der Waals surface area contributed by atoms with E-state index in [-0.39, 0.29) is 6.04 Å². The minimum atomic E-state index is -0.113. The van der Waals surface area contributed by atoms with Gasteiger partial charge in [-0.05, 0) is 26.8 Å². The molecular formula is C12H20N6. The smallest absolute Gasteiger partial charge is 0.138 e. The first kappa shape index (κ1) is 12.8. The topological polar surface area (TPSA) is 74.5 Å². The summed E-state index contributed by atoms with van der Waals surface area (Å²) in [6, 6.07) is 2.20. The average molecular weight is 248 g/mol. The molecule has 0 amide bonds. The Labute approximate surface area is 107 Å². The van der Waals surface area contributed by atoms with E-state index in [1.807, 2.05) is 29.4 Å². The van der Waals surface area contributed by atoms with Crippen molar-refractivity contribution in [2.45, 2.75) is 39.3 Å². The van der Waals surface area contributed by atoms with E-state index in [1.54, 1.807) is 6.33 Å². The minimum absolute atomic E-state index is 0.113. The second-order valence-electron chi connectivity index (χ2n) is 4.86. The van der Waals surface area contributed by atoms with Crippen molar-refractivity contribution < 1.29 is 0 Å². The molecule has 2 N–H and O–H groups in total. The normalized spacial score (nSPS) is 13.2. The van der Waals surface area contributed by atoms with Crippen LogP contribution in [0, 0.1) is 6.92 Å². The molecule has 0 bridgehead atoms. The first-order valence-electron chi connectivity index (χ1n) is 6.13. The van der Waals surface area contributed by atoms with E-state index in [1.165, 1.54) is 0 Å². The Morgan fingerprint density at radius 1 is 1.39 bits per heavy atom. The lowest BCUT2D eigenvalue weighted by atomic mass is 10.1. The van der Waals surface area contributed by atoms with Gasteiger partial charge in [0, 0.05) is 19.5 Å². The second-order valence-corrected chi connectivity index (χ2v) is 4.86. The van der Waals surface area contributed by atoms with Gasteiger partial charge in [-0.2, -0.15) is 10.2 Å². The number of nitrogens with zero attached hydrogens (tertiary/aromatic N) is 5. The highest BCUT2D eigenvalue weighted by molar-refractivity contribution is 5.14. The highest BCUT2D eigenvalue weighted by Gasteiger charge is 2.16. The van der Waals surface area contributed by atoms with Crippen molar-refractivity contribution in [3.63, 3.8) is 0 Å². The van der Waals surface area contributed by atoms with Crippen LogP contribution in [0.25, 0.3) is 0 Å². The van der Waals surface area contributed by atoms with Gasteiger partial charge in [-0.25, -0.2) is 9.67 Å². The molecule has 0 saturated carbocycles. The van der Waals surface area contributed by atoms with Gasteiger partial charge in [0.2, 0.25) is 0 Å². The summed E-state index contributed by atoms with van der Waals surface area (Å²) in [6.45, 7) is 6.13. The Hall–Kier alpha value is -1.69. The fourth-order valence-electron chi connectivity index (χ4n) is 2.13. The van der Waals surface area contributed by atoms with Gasteiger partial charge in [0.05, 0.1) is 17.4 Å². The molecular weight excluding hydrogens is 228 g/mol. The Morgan fingerprint density at radius 2 is 2.11 bits per heavy atom. The molecule has 1 unspecified atom stereocenters. The quantitative estimate of drug-likeness (QED) is 0.880. The largest absolute Gasteiger partial charge is 0.322 e. The number of rotatable bonds is 4. The van der Waals surface area contributed by atoms with E-state index in [4.69, 9.17) is 5.73 Å². The standard InChI is InChI=1S/C12H20N6/c1-8(2)18-12(14-7-15-18)6-10(13)11-5-9(3)16-17(11)4/h5,7-8,10H,6,13H2,1-4H3. The van der Waals surface area contributed by atoms with Crippen LogP contribution in [-0.2, 0) is 13.5 Å². The number of nitrogens with two attached hydrogens (primary N) is 1. The average Bonchev–Trinajstić information content (AvgIpc) is 2.85. The minimum Gasteiger partial charge on any atom is -0.322 e. The van der Waals surface area contributed by atoms with Gasteiger partial charge in [-0.15, -0.1) is 0 Å². The maximum Gasteiger partial charge on any atom is 0.138 e. The first-order chi connectivity index (χ1) is 8.49. The zero-order valence-electron chi connectivity index (χ0n) is 11.3. The van der Waals surface area contributed by atoms with Crippen LogP contribution in [0.4, 0.5) is 0 Å². The van der Waals surface area contributed by atoms with Crippen LogP contribution in [0.15, 0.2) is 12.4 Å². The maximum absolute atomic E-state index is 6.23. The Morgan fingerprint density at radius 3 is 2.67 bits per heavy atom. The van der Waals surface area contributed by atoms with Crippen molar-refractivity contribution in [1.29, 1.82) is 0 Å².